The van der Waals surface area contributed by atoms with E-state index in [1.807, 2.05) is 0 Å². The van der Waals surface area contributed by atoms with Crippen molar-refractivity contribution in [2.24, 2.45) is 0 Å². The van der Waals surface area contributed by atoms with Gasteiger partial charge in [0.15, 0.2) is 0 Å². The van der Waals surface area contributed by atoms with Crippen molar-refractivity contribution in [2.45, 2.75) is 0 Å². The Morgan fingerprint density at radius 2 is 2.00 bits per heavy atom. The molecule has 5 nitrogen and oxygen atoms in total. The summed E-state index contributed by atoms with van der Waals surface area (Å²) in [6.45, 7) is 0. The van der Waals surface area contributed by atoms with Crippen LogP contribution in [0.1, 0.15) is 5.56 Å². The standard InChI is InChI=1S/C12H11NO4Se/c1-16-8-4-3-7(9(6-8)17-2)5-10-11(14)13-12(15)18-10/h3-6H,1-2H3,(H,13,14,15)/b10-5-. The molecule has 0 atom stereocenters. The van der Waals surface area contributed by atoms with Crippen LogP contribution in [0.3, 0.4) is 0 Å². The van der Waals surface area contributed by atoms with E-state index in [1.54, 1.807) is 38.5 Å². The SMILES string of the molecule is COc1ccc(/C=C2\[Se]C(=O)NC2=O)c(OC)c1. The molecule has 1 aromatic carbocycles. The van der Waals surface area contributed by atoms with Gasteiger partial charge in [-0.15, -0.1) is 0 Å². The Morgan fingerprint density at radius 1 is 1.22 bits per heavy atom. The van der Waals surface area contributed by atoms with E-state index in [-0.39, 0.29) is 10.7 Å². The second-order valence-electron chi connectivity index (χ2n) is 3.46. The summed E-state index contributed by atoms with van der Waals surface area (Å²) in [6, 6.07) is 5.29. The molecule has 0 saturated carbocycles. The minimum atomic E-state index is -0.470. The van der Waals surface area contributed by atoms with E-state index < -0.39 is 15.0 Å². The predicted octanol–water partition coefficient (Wildman–Crippen LogP) is 0.999. The third kappa shape index (κ3) is 2.55. The normalized spacial score (nSPS) is 16.9. The van der Waals surface area contributed by atoms with Gasteiger partial charge in [-0.25, -0.2) is 0 Å². The summed E-state index contributed by atoms with van der Waals surface area (Å²) in [5.74, 6) is 0.953. The second kappa shape index (κ2) is 5.25. The molecule has 6 heteroatoms. The van der Waals surface area contributed by atoms with Crippen molar-refractivity contribution in [3.05, 3.63) is 28.2 Å². The number of rotatable bonds is 3. The van der Waals surface area contributed by atoms with Crippen LogP contribution in [0.5, 0.6) is 11.5 Å². The number of nitrogens with one attached hydrogen (secondary N) is 1. The molecule has 1 heterocycles. The van der Waals surface area contributed by atoms with Gasteiger partial charge in [0, 0.05) is 0 Å². The van der Waals surface area contributed by atoms with E-state index in [4.69, 9.17) is 9.47 Å². The maximum absolute atomic E-state index is 11.5. The first-order chi connectivity index (χ1) is 8.63. The number of imide groups is 1. The minimum absolute atomic E-state index is 0.216. The summed E-state index contributed by atoms with van der Waals surface area (Å²) in [7, 11) is 3.11. The Hall–Kier alpha value is -1.78. The van der Waals surface area contributed by atoms with Gasteiger partial charge in [-0.1, -0.05) is 0 Å². The number of hydrogen-bond donors (Lipinski definition) is 1. The summed E-state index contributed by atoms with van der Waals surface area (Å²) < 4.78 is 10.8. The molecule has 2 rings (SSSR count). The van der Waals surface area contributed by atoms with Crippen LogP contribution in [-0.4, -0.2) is 39.9 Å². The van der Waals surface area contributed by atoms with E-state index in [0.29, 0.717) is 16.0 Å². The Kier molecular flexibility index (Phi) is 3.69. The van der Waals surface area contributed by atoms with Gasteiger partial charge in [0.1, 0.15) is 0 Å². The first-order valence-electron chi connectivity index (χ1n) is 5.11. The number of benzene rings is 1. The molecule has 1 aliphatic rings. The van der Waals surface area contributed by atoms with Crippen LogP contribution in [0.15, 0.2) is 22.7 Å². The van der Waals surface area contributed by atoms with Crippen molar-refractivity contribution in [3.8, 4) is 11.5 Å². The van der Waals surface area contributed by atoms with E-state index >= 15 is 0 Å². The summed E-state index contributed by atoms with van der Waals surface area (Å²) in [4.78, 5) is 22.4. The molecule has 1 N–H and O–H groups in total. The number of amides is 2. The quantitative estimate of drug-likeness (QED) is 0.668. The molecule has 0 aliphatic carbocycles. The van der Waals surface area contributed by atoms with Crippen molar-refractivity contribution in [1.82, 2.24) is 5.32 Å². The van der Waals surface area contributed by atoms with Crippen molar-refractivity contribution >= 4 is 31.7 Å². The van der Waals surface area contributed by atoms with Gasteiger partial charge in [0.25, 0.3) is 0 Å². The van der Waals surface area contributed by atoms with Crippen molar-refractivity contribution < 1.29 is 19.1 Å². The molecule has 1 fully saturated rings. The predicted molar refractivity (Wildman–Crippen MR) is 66.8 cm³/mol. The molecule has 18 heavy (non-hydrogen) atoms. The molecular formula is C12H11NO4Se. The zero-order valence-corrected chi connectivity index (χ0v) is 11.6. The van der Waals surface area contributed by atoms with Gasteiger partial charge >= 0.3 is 110 Å². The summed E-state index contributed by atoms with van der Waals surface area (Å²) in [5, 5.41) is 2.26. The average molecular weight is 312 g/mol. The van der Waals surface area contributed by atoms with Crippen LogP contribution in [0.4, 0.5) is 4.79 Å². The van der Waals surface area contributed by atoms with Gasteiger partial charge in [-0.05, 0) is 0 Å². The summed E-state index contributed by atoms with van der Waals surface area (Å²) >= 11 is -0.470. The van der Waals surface area contributed by atoms with Gasteiger partial charge in [0.2, 0.25) is 0 Å². The van der Waals surface area contributed by atoms with Crippen LogP contribution in [0.25, 0.3) is 6.08 Å². The number of ether oxygens (including phenoxy) is 2. The monoisotopic (exact) mass is 313 g/mol. The van der Waals surface area contributed by atoms with Crippen molar-refractivity contribution in [2.75, 3.05) is 14.2 Å². The van der Waals surface area contributed by atoms with Gasteiger partial charge < -0.3 is 0 Å². The van der Waals surface area contributed by atoms with Gasteiger partial charge in [-0.3, -0.25) is 0 Å². The Morgan fingerprint density at radius 3 is 2.56 bits per heavy atom. The van der Waals surface area contributed by atoms with E-state index in [2.05, 4.69) is 5.32 Å². The fourth-order valence-corrected chi connectivity index (χ4v) is 2.91. The van der Waals surface area contributed by atoms with E-state index in [0.717, 1.165) is 5.56 Å². The van der Waals surface area contributed by atoms with Crippen LogP contribution >= 0.6 is 0 Å². The molecule has 0 radical (unpaired) electrons. The molecular weight excluding hydrogens is 301 g/mol. The third-order valence-electron chi connectivity index (χ3n) is 2.37. The molecule has 1 saturated heterocycles. The molecule has 1 aromatic rings. The molecule has 0 unspecified atom stereocenters. The first-order valence-corrected chi connectivity index (χ1v) is 6.82. The van der Waals surface area contributed by atoms with Crippen molar-refractivity contribution in [1.29, 1.82) is 0 Å². The fraction of sp³-hybridized carbons (Fsp3) is 0.167. The molecule has 0 aromatic heterocycles. The van der Waals surface area contributed by atoms with E-state index in [1.165, 1.54) is 0 Å². The Balaban J connectivity index is 2.37. The maximum atomic E-state index is 11.5. The third-order valence-corrected chi connectivity index (χ3v) is 4.07. The summed E-state index contributed by atoms with van der Waals surface area (Å²) in [5.41, 5.74) is 0.750. The van der Waals surface area contributed by atoms with Crippen LogP contribution in [0.2, 0.25) is 0 Å². The zero-order valence-electron chi connectivity index (χ0n) is 9.85. The van der Waals surface area contributed by atoms with Gasteiger partial charge in [-0.2, -0.15) is 0 Å². The molecule has 0 bridgehead atoms. The summed E-state index contributed by atoms with van der Waals surface area (Å²) in [6.07, 6.45) is 1.68. The zero-order chi connectivity index (χ0) is 13.1. The number of hydrogen-bond acceptors (Lipinski definition) is 4. The van der Waals surface area contributed by atoms with Crippen molar-refractivity contribution in [3.63, 3.8) is 0 Å². The molecule has 0 spiro atoms. The molecule has 2 amide bonds. The number of carbonyl (C=O) groups excluding carboxylic acids is 2. The van der Waals surface area contributed by atoms with Gasteiger partial charge in [0.05, 0.1) is 0 Å². The van der Waals surface area contributed by atoms with Crippen LogP contribution < -0.4 is 14.8 Å². The van der Waals surface area contributed by atoms with E-state index in [9.17, 15) is 9.59 Å². The molecule has 1 aliphatic heterocycles. The molecule has 94 valence electrons. The topological polar surface area (TPSA) is 64.6 Å². The second-order valence-corrected chi connectivity index (χ2v) is 5.59. The number of methoxy groups -OCH3 is 2. The fourth-order valence-electron chi connectivity index (χ4n) is 1.50. The number of carbonyl (C=O) groups is 2. The Labute approximate surface area is 110 Å². The van der Waals surface area contributed by atoms with Crippen LogP contribution in [-0.2, 0) is 4.79 Å². The van der Waals surface area contributed by atoms with Crippen LogP contribution in [0, 0.1) is 0 Å². The Bertz CT molecular complexity index is 539. The average Bonchev–Trinajstić information content (AvgIpc) is 2.68. The first kappa shape index (κ1) is 12.7.